The topological polar surface area (TPSA) is 62.7 Å². The van der Waals surface area contributed by atoms with E-state index < -0.39 is 0 Å². The SMILES string of the molecule is Cc1cc(Oc2ccc3c4ccccc4n(-c4cc(-n5c6c(C)cc(C)cc6c6cc(C)cc(C)c65)ccn4)c3c2)cc(-n2nnc(C)c2C)c1. The quantitative estimate of drug-likeness (QED) is 0.183. The van der Waals surface area contributed by atoms with E-state index in [2.05, 4.69) is 133 Å². The van der Waals surface area contributed by atoms with E-state index in [9.17, 15) is 0 Å². The van der Waals surface area contributed by atoms with E-state index in [0.717, 1.165) is 67.4 Å². The highest BCUT2D eigenvalue weighted by Gasteiger charge is 2.20. The highest BCUT2D eigenvalue weighted by molar-refractivity contribution is 6.12. The van der Waals surface area contributed by atoms with Gasteiger partial charge in [-0.05, 0) is 114 Å². The molecule has 0 radical (unpaired) electrons. The highest BCUT2D eigenvalue weighted by Crippen LogP contribution is 2.39. The summed E-state index contributed by atoms with van der Waals surface area (Å²) in [5.41, 5.74) is 14.6. The average molecular weight is 667 g/mol. The first-order valence-electron chi connectivity index (χ1n) is 17.4. The fraction of sp³-hybridized carbons (Fsp3) is 0.159. The molecule has 5 aromatic carbocycles. The van der Waals surface area contributed by atoms with Gasteiger partial charge < -0.3 is 9.30 Å². The van der Waals surface area contributed by atoms with Crippen LogP contribution >= 0.6 is 0 Å². The predicted octanol–water partition coefficient (Wildman–Crippen LogP) is 10.8. The Bertz CT molecular complexity index is 2800. The van der Waals surface area contributed by atoms with Gasteiger partial charge in [-0.15, -0.1) is 5.10 Å². The van der Waals surface area contributed by atoms with Crippen molar-refractivity contribution >= 4 is 43.6 Å². The Labute approximate surface area is 296 Å². The minimum absolute atomic E-state index is 0.738. The second-order valence-corrected chi connectivity index (χ2v) is 14.0. The molecular formula is C44H38N6O. The van der Waals surface area contributed by atoms with Gasteiger partial charge in [0, 0.05) is 45.9 Å². The first-order chi connectivity index (χ1) is 24.6. The molecule has 0 unspecified atom stereocenters. The number of benzene rings is 5. The van der Waals surface area contributed by atoms with Crippen LogP contribution in [0.25, 0.3) is 60.8 Å². The van der Waals surface area contributed by atoms with E-state index in [-0.39, 0.29) is 0 Å². The fourth-order valence-corrected chi connectivity index (χ4v) is 7.92. The first kappa shape index (κ1) is 30.8. The summed E-state index contributed by atoms with van der Waals surface area (Å²) >= 11 is 0. The van der Waals surface area contributed by atoms with Crippen LogP contribution in [-0.2, 0) is 0 Å². The number of nitrogens with zero attached hydrogens (tertiary/aromatic N) is 6. The molecule has 0 atom stereocenters. The number of pyridine rings is 1. The van der Waals surface area contributed by atoms with E-state index in [1.807, 2.05) is 42.9 Å². The van der Waals surface area contributed by atoms with Crippen molar-refractivity contribution < 1.29 is 4.74 Å². The van der Waals surface area contributed by atoms with Gasteiger partial charge in [-0.25, -0.2) is 9.67 Å². The lowest BCUT2D eigenvalue weighted by molar-refractivity contribution is 0.482. The van der Waals surface area contributed by atoms with Crippen molar-refractivity contribution in [3.63, 3.8) is 0 Å². The average Bonchev–Trinajstić information content (AvgIpc) is 3.73. The molecule has 7 heteroatoms. The van der Waals surface area contributed by atoms with E-state index in [1.165, 1.54) is 44.1 Å². The van der Waals surface area contributed by atoms with Gasteiger partial charge in [0.1, 0.15) is 17.3 Å². The normalized spacial score (nSPS) is 11.8. The van der Waals surface area contributed by atoms with Crippen LogP contribution < -0.4 is 4.74 Å². The molecule has 4 heterocycles. The Balaban J connectivity index is 1.22. The largest absolute Gasteiger partial charge is 0.457 e. The maximum Gasteiger partial charge on any atom is 0.139 e. The Morgan fingerprint density at radius 3 is 1.92 bits per heavy atom. The number of para-hydroxylation sites is 1. The summed E-state index contributed by atoms with van der Waals surface area (Å²) < 4.78 is 13.1. The molecule has 4 aromatic heterocycles. The minimum Gasteiger partial charge on any atom is -0.457 e. The third kappa shape index (κ3) is 4.91. The molecule has 0 aliphatic carbocycles. The van der Waals surface area contributed by atoms with Gasteiger partial charge in [0.25, 0.3) is 0 Å². The Morgan fingerprint density at radius 2 is 1.22 bits per heavy atom. The van der Waals surface area contributed by atoms with Crippen LogP contribution in [-0.4, -0.2) is 29.1 Å². The Morgan fingerprint density at radius 1 is 0.529 bits per heavy atom. The summed E-state index contributed by atoms with van der Waals surface area (Å²) in [6.45, 7) is 14.9. The molecule has 0 aliphatic rings. The van der Waals surface area contributed by atoms with E-state index in [1.54, 1.807) is 0 Å². The van der Waals surface area contributed by atoms with Gasteiger partial charge in [0.15, 0.2) is 0 Å². The van der Waals surface area contributed by atoms with Crippen molar-refractivity contribution in [2.24, 2.45) is 0 Å². The molecule has 9 aromatic rings. The van der Waals surface area contributed by atoms with Gasteiger partial charge in [0.2, 0.25) is 0 Å². The van der Waals surface area contributed by atoms with Crippen molar-refractivity contribution in [1.82, 2.24) is 29.1 Å². The lowest BCUT2D eigenvalue weighted by atomic mass is 10.0. The first-order valence-corrected chi connectivity index (χ1v) is 17.4. The van der Waals surface area contributed by atoms with Crippen molar-refractivity contribution in [2.75, 3.05) is 0 Å². The summed E-state index contributed by atoms with van der Waals surface area (Å²) in [6.07, 6.45) is 1.93. The van der Waals surface area contributed by atoms with Crippen molar-refractivity contribution in [2.45, 2.75) is 48.5 Å². The van der Waals surface area contributed by atoms with Gasteiger partial charge in [-0.3, -0.25) is 4.57 Å². The number of aromatic nitrogens is 6. The van der Waals surface area contributed by atoms with Crippen LogP contribution in [0.3, 0.4) is 0 Å². The molecular weight excluding hydrogens is 629 g/mol. The third-order valence-electron chi connectivity index (χ3n) is 10.1. The van der Waals surface area contributed by atoms with Crippen LogP contribution in [0.5, 0.6) is 11.5 Å². The number of fused-ring (bicyclic) bond motifs is 6. The molecule has 0 saturated heterocycles. The lowest BCUT2D eigenvalue weighted by Crippen LogP contribution is -2.02. The summed E-state index contributed by atoms with van der Waals surface area (Å²) in [6, 6.07) is 34.5. The van der Waals surface area contributed by atoms with E-state index in [0.29, 0.717) is 0 Å². The van der Waals surface area contributed by atoms with E-state index in [4.69, 9.17) is 9.72 Å². The lowest BCUT2D eigenvalue weighted by Gasteiger charge is -2.14. The second-order valence-electron chi connectivity index (χ2n) is 14.0. The van der Waals surface area contributed by atoms with Crippen LogP contribution in [0.1, 0.15) is 39.2 Å². The molecule has 250 valence electrons. The summed E-state index contributed by atoms with van der Waals surface area (Å²) in [5.74, 6) is 2.32. The highest BCUT2D eigenvalue weighted by atomic mass is 16.5. The zero-order valence-corrected chi connectivity index (χ0v) is 29.9. The number of hydrogen-bond acceptors (Lipinski definition) is 4. The summed E-state index contributed by atoms with van der Waals surface area (Å²) in [4.78, 5) is 5.00. The molecule has 0 fully saturated rings. The van der Waals surface area contributed by atoms with Crippen LogP contribution in [0, 0.1) is 48.5 Å². The summed E-state index contributed by atoms with van der Waals surface area (Å²) in [7, 11) is 0. The molecule has 0 bridgehead atoms. The fourth-order valence-electron chi connectivity index (χ4n) is 7.92. The molecule has 7 nitrogen and oxygen atoms in total. The molecule has 0 spiro atoms. The van der Waals surface area contributed by atoms with Crippen LogP contribution in [0.15, 0.2) is 103 Å². The van der Waals surface area contributed by atoms with Gasteiger partial charge >= 0.3 is 0 Å². The Hall–Kier alpha value is -6.21. The number of hydrogen-bond donors (Lipinski definition) is 0. The second kappa shape index (κ2) is 11.4. The van der Waals surface area contributed by atoms with Gasteiger partial charge in [-0.2, -0.15) is 0 Å². The monoisotopic (exact) mass is 666 g/mol. The van der Waals surface area contributed by atoms with Crippen molar-refractivity contribution in [3.8, 4) is 28.7 Å². The molecule has 9 rings (SSSR count). The van der Waals surface area contributed by atoms with Gasteiger partial charge in [0.05, 0.1) is 44.8 Å². The third-order valence-corrected chi connectivity index (χ3v) is 10.1. The predicted molar refractivity (Wildman–Crippen MR) is 208 cm³/mol. The number of aryl methyl sites for hydroxylation is 6. The van der Waals surface area contributed by atoms with Gasteiger partial charge in [-0.1, -0.05) is 46.7 Å². The Kier molecular flexibility index (Phi) is 6.90. The standard InChI is InChI=1S/C44H38N6O/c1-25-16-28(4)43-38(20-25)39-21-26(2)17-29(5)44(39)48(43)32-14-15-45-42(23-32)49-40-11-9-8-10-36(40)37-13-12-34(24-41(37)49)51-35-19-27(3)18-33(22-35)50-31(7)30(6)46-47-50/h8-24H,1-7H3. The number of ether oxygens (including phenoxy) is 1. The van der Waals surface area contributed by atoms with Crippen LogP contribution in [0.4, 0.5) is 0 Å². The molecule has 0 saturated carbocycles. The smallest absolute Gasteiger partial charge is 0.139 e. The zero-order valence-electron chi connectivity index (χ0n) is 29.9. The number of rotatable bonds is 5. The molecule has 0 amide bonds. The minimum atomic E-state index is 0.738. The molecule has 0 aliphatic heterocycles. The van der Waals surface area contributed by atoms with Crippen molar-refractivity contribution in [3.05, 3.63) is 142 Å². The zero-order chi connectivity index (χ0) is 35.1. The maximum absolute atomic E-state index is 6.59. The van der Waals surface area contributed by atoms with Crippen LogP contribution in [0.2, 0.25) is 0 Å². The molecule has 0 N–H and O–H groups in total. The van der Waals surface area contributed by atoms with Crippen molar-refractivity contribution in [1.29, 1.82) is 0 Å². The maximum atomic E-state index is 6.59. The van der Waals surface area contributed by atoms with E-state index >= 15 is 0 Å². The molecule has 51 heavy (non-hydrogen) atoms. The summed E-state index contributed by atoms with van der Waals surface area (Å²) in [5, 5.41) is 13.5.